The van der Waals surface area contributed by atoms with Crippen molar-refractivity contribution in [2.24, 2.45) is 11.8 Å². The number of non-ortho nitro benzene ring substituents is 1. The number of nitro benzene ring substituents is 1. The van der Waals surface area contributed by atoms with Gasteiger partial charge in [-0.25, -0.2) is 8.51 Å². The largest absolute Gasteiger partial charge is 0.369 e. The van der Waals surface area contributed by atoms with Gasteiger partial charge in [0, 0.05) is 69.4 Å². The minimum Gasteiger partial charge on any atom is -0.369 e. The van der Waals surface area contributed by atoms with Gasteiger partial charge in [-0.1, -0.05) is 25.3 Å². The summed E-state index contributed by atoms with van der Waals surface area (Å²) >= 11 is 0. The van der Waals surface area contributed by atoms with Crippen LogP contribution in [0.15, 0.2) is 24.3 Å². The molecule has 7 nitrogen and oxygen atoms in total. The molecule has 0 amide bonds. The number of rotatable bonds is 7. The van der Waals surface area contributed by atoms with Crippen LogP contribution in [0.4, 0.5) is 11.4 Å². The monoisotopic (exact) mass is 448 g/mol. The Morgan fingerprint density at radius 2 is 1.65 bits per heavy atom. The minimum absolute atomic E-state index is 0.160. The molecule has 31 heavy (non-hydrogen) atoms. The van der Waals surface area contributed by atoms with Crippen molar-refractivity contribution < 1.29 is 9.13 Å². The summed E-state index contributed by atoms with van der Waals surface area (Å²) in [7, 11) is -0.792. The van der Waals surface area contributed by atoms with Crippen molar-refractivity contribution in [1.29, 1.82) is 0 Å². The molecule has 1 aromatic carbocycles. The third kappa shape index (κ3) is 6.26. The quantitative estimate of drug-likeness (QED) is 0.470. The second-order valence-electron chi connectivity index (χ2n) is 9.43. The van der Waals surface area contributed by atoms with E-state index in [0.29, 0.717) is 11.8 Å². The fourth-order valence-corrected chi connectivity index (χ4v) is 6.88. The normalized spacial score (nSPS) is 23.7. The zero-order valence-electron chi connectivity index (χ0n) is 18.5. The molecule has 4 rings (SSSR count). The Morgan fingerprint density at radius 3 is 2.32 bits per heavy atom. The lowest BCUT2D eigenvalue weighted by Crippen LogP contribution is -2.49. The smallest absolute Gasteiger partial charge is 0.271 e. The van der Waals surface area contributed by atoms with Crippen molar-refractivity contribution in [3.8, 4) is 0 Å². The molecule has 1 aliphatic carbocycles. The van der Waals surface area contributed by atoms with E-state index in [4.69, 9.17) is 0 Å². The molecule has 1 unspecified atom stereocenters. The van der Waals surface area contributed by atoms with Gasteiger partial charge in [0.2, 0.25) is 0 Å². The fourth-order valence-electron chi connectivity index (χ4n) is 5.31. The maximum Gasteiger partial charge on any atom is 0.271 e. The van der Waals surface area contributed by atoms with E-state index < -0.39 is 11.0 Å². The highest BCUT2D eigenvalue weighted by Gasteiger charge is 2.27. The zero-order valence-corrected chi connectivity index (χ0v) is 19.3. The van der Waals surface area contributed by atoms with Gasteiger partial charge in [0.25, 0.3) is 5.69 Å². The molecule has 1 atom stereocenters. The highest BCUT2D eigenvalue weighted by atomic mass is 32.2. The molecule has 1 saturated carbocycles. The van der Waals surface area contributed by atoms with Crippen LogP contribution in [-0.4, -0.2) is 69.9 Å². The number of piperazine rings is 1. The van der Waals surface area contributed by atoms with E-state index in [1.54, 1.807) is 18.2 Å². The molecular weight excluding hydrogens is 412 g/mol. The van der Waals surface area contributed by atoms with E-state index in [-0.39, 0.29) is 10.6 Å². The SMILES string of the molecule is O=[N+]([O-])c1cccc(N2CCN(CC3CCN(S(=O)CC4CCCCC4)CC3)CC2)c1. The van der Waals surface area contributed by atoms with Crippen molar-refractivity contribution in [2.45, 2.75) is 44.9 Å². The molecule has 3 fully saturated rings. The van der Waals surface area contributed by atoms with Crippen LogP contribution in [0, 0.1) is 22.0 Å². The topological polar surface area (TPSA) is 69.9 Å². The Labute approximate surface area is 188 Å². The van der Waals surface area contributed by atoms with Crippen molar-refractivity contribution >= 4 is 22.4 Å². The predicted molar refractivity (Wildman–Crippen MR) is 126 cm³/mol. The summed E-state index contributed by atoms with van der Waals surface area (Å²) < 4.78 is 15.0. The van der Waals surface area contributed by atoms with Crippen molar-refractivity contribution in [3.63, 3.8) is 0 Å². The van der Waals surface area contributed by atoms with Gasteiger partial charge in [0.15, 0.2) is 0 Å². The van der Waals surface area contributed by atoms with Crippen LogP contribution in [0.2, 0.25) is 0 Å². The van der Waals surface area contributed by atoms with E-state index in [9.17, 15) is 14.3 Å². The van der Waals surface area contributed by atoms with Crippen LogP contribution >= 0.6 is 0 Å². The second kappa shape index (κ2) is 10.9. The first-order valence-electron chi connectivity index (χ1n) is 11.9. The molecular formula is C23H36N4O3S. The summed E-state index contributed by atoms with van der Waals surface area (Å²) in [5, 5.41) is 11.0. The van der Waals surface area contributed by atoms with Gasteiger partial charge >= 0.3 is 0 Å². The van der Waals surface area contributed by atoms with E-state index in [1.807, 2.05) is 6.07 Å². The summed E-state index contributed by atoms with van der Waals surface area (Å²) in [4.78, 5) is 15.5. The third-order valence-corrected chi connectivity index (χ3v) is 8.96. The molecule has 0 spiro atoms. The molecule has 1 aromatic rings. The number of nitrogens with zero attached hydrogens (tertiary/aromatic N) is 4. The second-order valence-corrected chi connectivity index (χ2v) is 10.9. The van der Waals surface area contributed by atoms with E-state index in [0.717, 1.165) is 70.1 Å². The first-order valence-corrected chi connectivity index (χ1v) is 13.2. The Bertz CT molecular complexity index is 755. The maximum absolute atomic E-state index is 12.8. The first kappa shape index (κ1) is 22.7. The van der Waals surface area contributed by atoms with Crippen molar-refractivity contribution in [2.75, 3.05) is 56.5 Å². The minimum atomic E-state index is -0.792. The lowest BCUT2D eigenvalue weighted by molar-refractivity contribution is -0.384. The Kier molecular flexibility index (Phi) is 7.96. The highest BCUT2D eigenvalue weighted by molar-refractivity contribution is 7.82. The average molecular weight is 449 g/mol. The number of anilines is 1. The van der Waals surface area contributed by atoms with Gasteiger partial charge in [0.1, 0.15) is 0 Å². The Morgan fingerprint density at radius 1 is 0.935 bits per heavy atom. The molecule has 8 heteroatoms. The summed E-state index contributed by atoms with van der Waals surface area (Å²) in [5.41, 5.74) is 1.11. The lowest BCUT2D eigenvalue weighted by Gasteiger charge is -2.39. The number of hydrogen-bond acceptors (Lipinski definition) is 5. The zero-order chi connectivity index (χ0) is 21.6. The van der Waals surface area contributed by atoms with Crippen LogP contribution in [0.5, 0.6) is 0 Å². The molecule has 2 saturated heterocycles. The summed E-state index contributed by atoms with van der Waals surface area (Å²) in [6.07, 6.45) is 8.81. The number of benzene rings is 1. The van der Waals surface area contributed by atoms with Crippen LogP contribution < -0.4 is 4.90 Å². The van der Waals surface area contributed by atoms with Gasteiger partial charge < -0.3 is 4.90 Å². The molecule has 0 N–H and O–H groups in total. The Hall–Kier alpha value is -1.51. The van der Waals surface area contributed by atoms with Crippen LogP contribution in [0.1, 0.15) is 44.9 Å². The third-order valence-electron chi connectivity index (χ3n) is 7.26. The van der Waals surface area contributed by atoms with Crippen LogP contribution in [0.3, 0.4) is 0 Å². The lowest BCUT2D eigenvalue weighted by atomic mass is 9.91. The maximum atomic E-state index is 12.8. The number of nitro groups is 1. The van der Waals surface area contributed by atoms with E-state index in [2.05, 4.69) is 14.1 Å². The van der Waals surface area contributed by atoms with Gasteiger partial charge in [-0.2, -0.15) is 0 Å². The highest BCUT2D eigenvalue weighted by Crippen LogP contribution is 2.27. The van der Waals surface area contributed by atoms with Gasteiger partial charge in [-0.15, -0.1) is 0 Å². The molecule has 2 aliphatic heterocycles. The van der Waals surface area contributed by atoms with E-state index in [1.165, 1.54) is 32.1 Å². The van der Waals surface area contributed by atoms with Gasteiger partial charge in [-0.3, -0.25) is 15.0 Å². The number of hydrogen-bond donors (Lipinski definition) is 0. The molecule has 0 bridgehead atoms. The van der Waals surface area contributed by atoms with E-state index >= 15 is 0 Å². The molecule has 2 heterocycles. The Balaban J connectivity index is 1.17. The molecule has 3 aliphatic rings. The van der Waals surface area contributed by atoms with Crippen LogP contribution in [-0.2, 0) is 11.0 Å². The van der Waals surface area contributed by atoms with Crippen molar-refractivity contribution in [3.05, 3.63) is 34.4 Å². The average Bonchev–Trinajstić information content (AvgIpc) is 2.81. The predicted octanol–water partition coefficient (Wildman–Crippen LogP) is 3.67. The van der Waals surface area contributed by atoms with Gasteiger partial charge in [-0.05, 0) is 43.6 Å². The summed E-state index contributed by atoms with van der Waals surface area (Å²) in [6.45, 7) is 6.87. The fraction of sp³-hybridized carbons (Fsp3) is 0.739. The van der Waals surface area contributed by atoms with Crippen LogP contribution in [0.25, 0.3) is 0 Å². The van der Waals surface area contributed by atoms with Crippen molar-refractivity contribution in [1.82, 2.24) is 9.21 Å². The summed E-state index contributed by atoms with van der Waals surface area (Å²) in [6, 6.07) is 6.96. The summed E-state index contributed by atoms with van der Waals surface area (Å²) in [5.74, 6) is 2.24. The van der Waals surface area contributed by atoms with Gasteiger partial charge in [0.05, 0.1) is 15.9 Å². The molecule has 172 valence electrons. The molecule has 0 aromatic heterocycles. The molecule has 0 radical (unpaired) electrons. The first-order chi connectivity index (χ1) is 15.1. The number of piperidine rings is 1. The standard InChI is InChI=1S/C23H36N4O3S/c28-27(29)23-8-4-7-22(17-23)25-15-13-24(14-16-25)18-20-9-11-26(12-10-20)31(30)19-21-5-2-1-3-6-21/h4,7-8,17,20-21H,1-3,5-6,9-16,18-19H2.